The molecule has 0 saturated carbocycles. The number of fused-ring (bicyclic) bond motifs is 1. The zero-order chi connectivity index (χ0) is 19.5. The van der Waals surface area contributed by atoms with Gasteiger partial charge in [0.2, 0.25) is 0 Å². The van der Waals surface area contributed by atoms with Gasteiger partial charge in [0.15, 0.2) is 5.75 Å². The molecule has 1 N–H and O–H groups in total. The molecule has 0 spiro atoms. The molecule has 0 aliphatic rings. The summed E-state index contributed by atoms with van der Waals surface area (Å²) in [7, 11) is -2.19. The maximum atomic E-state index is 12.2. The van der Waals surface area contributed by atoms with Crippen LogP contribution in [0, 0.1) is 0 Å². The normalized spacial score (nSPS) is 12.4. The van der Waals surface area contributed by atoms with Crippen LogP contribution in [0.15, 0.2) is 30.3 Å². The molecular formula is C16H17NO8S. The van der Waals surface area contributed by atoms with E-state index in [1.807, 2.05) is 0 Å². The Balaban J connectivity index is 2.71. The molecule has 10 heteroatoms. The van der Waals surface area contributed by atoms with Crippen molar-refractivity contribution in [3.05, 3.63) is 35.9 Å². The molecule has 0 radical (unpaired) electrons. The Hall–Kier alpha value is -2.85. The van der Waals surface area contributed by atoms with Crippen LogP contribution in [0.4, 0.5) is 0 Å². The number of hydrogen-bond donors (Lipinski definition) is 1. The minimum atomic E-state index is -4.65. The van der Waals surface area contributed by atoms with Gasteiger partial charge >= 0.3 is 16.3 Å². The molecule has 140 valence electrons. The Morgan fingerprint density at radius 2 is 1.92 bits per heavy atom. The van der Waals surface area contributed by atoms with Gasteiger partial charge < -0.3 is 14.0 Å². The molecule has 0 aromatic heterocycles. The first-order valence-electron chi connectivity index (χ1n) is 7.31. The van der Waals surface area contributed by atoms with Gasteiger partial charge in [0, 0.05) is 10.9 Å². The number of rotatable bonds is 8. The molecule has 2 rings (SSSR count). The molecular weight excluding hydrogens is 366 g/mol. The molecule has 26 heavy (non-hydrogen) atoms. The van der Waals surface area contributed by atoms with E-state index in [1.54, 1.807) is 18.2 Å². The highest BCUT2D eigenvalue weighted by molar-refractivity contribution is 7.85. The Bertz CT molecular complexity index is 941. The number of carboxylic acids is 1. The molecule has 9 nitrogen and oxygen atoms in total. The fourth-order valence-corrected chi connectivity index (χ4v) is 3.08. The number of carbonyl (C=O) groups is 2. The predicted molar refractivity (Wildman–Crippen MR) is 91.0 cm³/mol. The zero-order valence-corrected chi connectivity index (χ0v) is 15.0. The molecule has 1 unspecified atom stereocenters. The van der Waals surface area contributed by atoms with Gasteiger partial charge in [-0.1, -0.05) is 16.6 Å². The number of nitrogens with zero attached hydrogens (tertiary/aromatic N) is 1. The van der Waals surface area contributed by atoms with Crippen LogP contribution in [0.1, 0.15) is 18.4 Å². The third-order valence-corrected chi connectivity index (χ3v) is 4.77. The standard InChI is InChI=1S/C16H17NO8S/c1-10(16(19)20)13-6-4-11-8-12(23-2)5-7-14(11)15(13)25-26(21,22)17(9-18)24-3/h4-10H,1-3H3,(H,19,20). The van der Waals surface area contributed by atoms with Gasteiger partial charge in [-0.25, -0.2) is 0 Å². The number of aliphatic carboxylic acids is 1. The van der Waals surface area contributed by atoms with Crippen LogP contribution >= 0.6 is 0 Å². The van der Waals surface area contributed by atoms with Crippen LogP contribution in [0.5, 0.6) is 11.5 Å². The molecule has 1 atom stereocenters. The minimum absolute atomic E-state index is 0.00935. The van der Waals surface area contributed by atoms with Crippen molar-refractivity contribution in [3.8, 4) is 11.5 Å². The van der Waals surface area contributed by atoms with Crippen molar-refractivity contribution in [2.75, 3.05) is 14.2 Å². The smallest absolute Gasteiger partial charge is 0.435 e. The number of amides is 1. The highest BCUT2D eigenvalue weighted by atomic mass is 32.2. The quantitative estimate of drug-likeness (QED) is 0.540. The van der Waals surface area contributed by atoms with Crippen LogP contribution in [-0.2, 0) is 24.7 Å². The van der Waals surface area contributed by atoms with E-state index in [1.165, 1.54) is 26.2 Å². The monoisotopic (exact) mass is 383 g/mol. The highest BCUT2D eigenvalue weighted by Crippen LogP contribution is 2.37. The van der Waals surface area contributed by atoms with Crippen LogP contribution in [0.25, 0.3) is 10.8 Å². The molecule has 1 amide bonds. The summed E-state index contributed by atoms with van der Waals surface area (Å²) in [6.45, 7) is 1.39. The fraction of sp³-hybridized carbons (Fsp3) is 0.250. The molecule has 0 aliphatic carbocycles. The van der Waals surface area contributed by atoms with E-state index >= 15 is 0 Å². The lowest BCUT2D eigenvalue weighted by Gasteiger charge is -2.19. The third-order valence-electron chi connectivity index (χ3n) is 3.72. The minimum Gasteiger partial charge on any atom is -0.497 e. The lowest BCUT2D eigenvalue weighted by Crippen LogP contribution is -2.32. The second-order valence-electron chi connectivity index (χ2n) is 5.22. The Kier molecular flexibility index (Phi) is 5.68. The summed E-state index contributed by atoms with van der Waals surface area (Å²) in [4.78, 5) is 26.7. The first-order valence-corrected chi connectivity index (χ1v) is 8.68. The van der Waals surface area contributed by atoms with Crippen LogP contribution in [0.2, 0.25) is 0 Å². The summed E-state index contributed by atoms with van der Waals surface area (Å²) in [5.41, 5.74) is 0.126. The molecule has 0 bridgehead atoms. The number of hydrogen-bond acceptors (Lipinski definition) is 7. The highest BCUT2D eigenvalue weighted by Gasteiger charge is 2.28. The number of ether oxygens (including phenoxy) is 1. The SMILES string of the molecule is COc1ccc2c(OS(=O)(=O)N(C=O)OC)c(C(C)C(=O)O)ccc2c1. The van der Waals surface area contributed by atoms with E-state index in [0.29, 0.717) is 16.5 Å². The molecule has 2 aromatic rings. The lowest BCUT2D eigenvalue weighted by molar-refractivity contribution is -0.139. The number of hydroxylamine groups is 1. The van der Waals surface area contributed by atoms with E-state index < -0.39 is 22.2 Å². The summed E-state index contributed by atoms with van der Waals surface area (Å²) in [5, 5.41) is 10.2. The molecule has 2 aromatic carbocycles. The van der Waals surface area contributed by atoms with Crippen molar-refractivity contribution in [1.29, 1.82) is 0 Å². The summed E-state index contributed by atoms with van der Waals surface area (Å²) >= 11 is 0. The molecule has 0 aliphatic heterocycles. The zero-order valence-electron chi connectivity index (χ0n) is 14.2. The van der Waals surface area contributed by atoms with Gasteiger partial charge in [-0.3, -0.25) is 14.4 Å². The van der Waals surface area contributed by atoms with Gasteiger partial charge in [0.1, 0.15) is 5.75 Å². The second kappa shape index (κ2) is 7.58. The predicted octanol–water partition coefficient (Wildman–Crippen LogP) is 1.68. The van der Waals surface area contributed by atoms with Gasteiger partial charge in [-0.2, -0.15) is 8.42 Å². The van der Waals surface area contributed by atoms with Gasteiger partial charge in [-0.05, 0) is 30.5 Å². The van der Waals surface area contributed by atoms with Crippen molar-refractivity contribution in [3.63, 3.8) is 0 Å². The van der Waals surface area contributed by atoms with Crippen molar-refractivity contribution < 1.29 is 36.9 Å². The summed E-state index contributed by atoms with van der Waals surface area (Å²) in [5.74, 6) is -1.90. The number of methoxy groups -OCH3 is 1. The summed E-state index contributed by atoms with van der Waals surface area (Å²) in [6, 6.07) is 7.82. The molecule has 0 saturated heterocycles. The first kappa shape index (κ1) is 19.5. The first-order chi connectivity index (χ1) is 12.2. The lowest BCUT2D eigenvalue weighted by atomic mass is 9.96. The average molecular weight is 383 g/mol. The topological polar surface area (TPSA) is 119 Å². The Morgan fingerprint density at radius 1 is 1.23 bits per heavy atom. The van der Waals surface area contributed by atoms with Crippen molar-refractivity contribution in [2.24, 2.45) is 0 Å². The van der Waals surface area contributed by atoms with Gasteiger partial charge in [-0.15, -0.1) is 0 Å². The molecule has 0 fully saturated rings. The van der Waals surface area contributed by atoms with Gasteiger partial charge in [0.05, 0.1) is 20.1 Å². The summed E-state index contributed by atoms with van der Waals surface area (Å²) in [6.07, 6.45) is -0.0796. The van der Waals surface area contributed by atoms with E-state index in [9.17, 15) is 23.1 Å². The van der Waals surface area contributed by atoms with Crippen molar-refractivity contribution in [1.82, 2.24) is 4.47 Å². The number of carbonyl (C=O) groups excluding carboxylic acids is 1. The Labute approximate surface area is 149 Å². The van der Waals surface area contributed by atoms with E-state index in [2.05, 4.69) is 4.84 Å². The summed E-state index contributed by atoms with van der Waals surface area (Å²) < 4.78 is 34.7. The maximum absolute atomic E-state index is 12.2. The number of benzene rings is 2. The third kappa shape index (κ3) is 3.70. The van der Waals surface area contributed by atoms with E-state index in [0.717, 1.165) is 7.11 Å². The van der Waals surface area contributed by atoms with Gasteiger partial charge in [0.25, 0.3) is 6.41 Å². The van der Waals surface area contributed by atoms with Crippen LogP contribution < -0.4 is 8.92 Å². The fourth-order valence-electron chi connectivity index (χ4n) is 2.32. The molecule has 0 heterocycles. The van der Waals surface area contributed by atoms with E-state index in [4.69, 9.17) is 8.92 Å². The maximum Gasteiger partial charge on any atom is 0.435 e. The van der Waals surface area contributed by atoms with Crippen molar-refractivity contribution >= 4 is 33.5 Å². The van der Waals surface area contributed by atoms with Crippen LogP contribution in [-0.4, -0.2) is 44.6 Å². The number of carboxylic acid groups (broad SMARTS) is 1. The largest absolute Gasteiger partial charge is 0.497 e. The van der Waals surface area contributed by atoms with Crippen LogP contribution in [0.3, 0.4) is 0 Å². The average Bonchev–Trinajstić information content (AvgIpc) is 2.61. The second-order valence-corrected chi connectivity index (χ2v) is 6.60. The van der Waals surface area contributed by atoms with E-state index in [-0.39, 0.29) is 22.2 Å². The van der Waals surface area contributed by atoms with Crippen molar-refractivity contribution in [2.45, 2.75) is 12.8 Å². The Morgan fingerprint density at radius 3 is 2.46 bits per heavy atom.